The molecule has 0 spiro atoms. The summed E-state index contributed by atoms with van der Waals surface area (Å²) in [6, 6.07) is 13.3. The van der Waals surface area contributed by atoms with Gasteiger partial charge in [0.1, 0.15) is 17.2 Å². The van der Waals surface area contributed by atoms with Gasteiger partial charge in [0.05, 0.1) is 22.2 Å². The molecule has 1 aliphatic heterocycles. The monoisotopic (exact) mass is 598 g/mol. The summed E-state index contributed by atoms with van der Waals surface area (Å²) in [4.78, 5) is 37.8. The highest BCUT2D eigenvalue weighted by atomic mass is 32.1. The van der Waals surface area contributed by atoms with Gasteiger partial charge in [-0.15, -0.1) is 27.8 Å². The van der Waals surface area contributed by atoms with Gasteiger partial charge in [0.25, 0.3) is 11.8 Å². The van der Waals surface area contributed by atoms with E-state index < -0.39 is 17.6 Å². The molecule has 6 heterocycles. The number of rotatable bonds is 6. The molecule has 2 amide bonds. The number of amides is 2. The Morgan fingerprint density at radius 2 is 2.02 bits per heavy atom. The fraction of sp³-hybridized carbons (Fsp3) is 0.172. The third-order valence-electron chi connectivity index (χ3n) is 7.27. The topological polar surface area (TPSA) is 132 Å². The van der Waals surface area contributed by atoms with Gasteiger partial charge >= 0.3 is 0 Å². The van der Waals surface area contributed by atoms with Gasteiger partial charge in [0, 0.05) is 50.9 Å². The van der Waals surface area contributed by atoms with Crippen molar-refractivity contribution in [3.05, 3.63) is 82.6 Å². The fourth-order valence-electron chi connectivity index (χ4n) is 5.24. The number of halogens is 1. The second-order valence-electron chi connectivity index (χ2n) is 9.91. The van der Waals surface area contributed by atoms with Crippen molar-refractivity contribution >= 4 is 61.6 Å². The third-order valence-corrected chi connectivity index (χ3v) is 9.36. The number of thiophene rings is 2. The smallest absolute Gasteiger partial charge is 0.262 e. The Morgan fingerprint density at radius 3 is 2.81 bits per heavy atom. The predicted octanol–water partition coefficient (Wildman–Crippen LogP) is 4.79. The number of primary amides is 1. The van der Waals surface area contributed by atoms with Crippen molar-refractivity contribution in [2.24, 2.45) is 5.73 Å². The molecule has 0 bridgehead atoms. The van der Waals surface area contributed by atoms with Gasteiger partial charge in [0.2, 0.25) is 0 Å². The summed E-state index contributed by atoms with van der Waals surface area (Å²) < 4.78 is 18.1. The van der Waals surface area contributed by atoms with Crippen molar-refractivity contribution in [2.75, 3.05) is 18.0 Å². The zero-order chi connectivity index (χ0) is 28.8. The number of carbonyl (C=O) groups is 2. The summed E-state index contributed by atoms with van der Waals surface area (Å²) in [5.74, 6) is -1.17. The Kier molecular flexibility index (Phi) is 6.69. The van der Waals surface area contributed by atoms with Gasteiger partial charge in [-0.05, 0) is 61.9 Å². The first kappa shape index (κ1) is 26.3. The van der Waals surface area contributed by atoms with E-state index in [0.717, 1.165) is 39.9 Å². The van der Waals surface area contributed by atoms with Crippen LogP contribution in [0, 0.1) is 5.82 Å². The number of fused-ring (bicyclic) bond motifs is 2. The molecule has 0 aliphatic carbocycles. The molecule has 42 heavy (non-hydrogen) atoms. The van der Waals surface area contributed by atoms with Crippen LogP contribution in [0.3, 0.4) is 0 Å². The minimum absolute atomic E-state index is 0.0695. The van der Waals surface area contributed by atoms with Crippen LogP contribution in [0.15, 0.2) is 66.3 Å². The summed E-state index contributed by atoms with van der Waals surface area (Å²) in [5, 5.41) is 14.2. The number of nitrogens with two attached hydrogens (primary N) is 1. The maximum absolute atomic E-state index is 15.7. The van der Waals surface area contributed by atoms with E-state index in [1.807, 2.05) is 17.5 Å². The number of nitrogens with one attached hydrogen (secondary N) is 1. The van der Waals surface area contributed by atoms with E-state index in [4.69, 9.17) is 5.73 Å². The van der Waals surface area contributed by atoms with Crippen molar-refractivity contribution in [1.29, 1.82) is 0 Å². The highest BCUT2D eigenvalue weighted by molar-refractivity contribution is 7.22. The van der Waals surface area contributed by atoms with Crippen LogP contribution in [0.4, 0.5) is 10.2 Å². The maximum atomic E-state index is 15.7. The van der Waals surface area contributed by atoms with Gasteiger partial charge in [-0.25, -0.2) is 14.4 Å². The molecule has 0 radical (unpaired) electrons. The van der Waals surface area contributed by atoms with Crippen LogP contribution < -0.4 is 16.0 Å². The Balaban J connectivity index is 1.30. The lowest BCUT2D eigenvalue weighted by atomic mass is 10.0. The lowest BCUT2D eigenvalue weighted by Gasteiger charge is -2.34. The molecule has 10 nitrogen and oxygen atoms in total. The SMILES string of the molecule is NC(=O)c1cc(-c2cc3c(N(C(=O)c4ccc(-n5nnc6cccnc65)cc4F)[C@@H]4CCCNC4)nccc3s2)cs1. The Hall–Kier alpha value is -4.59. The molecule has 1 atom stereocenters. The van der Waals surface area contributed by atoms with Gasteiger partial charge < -0.3 is 11.1 Å². The van der Waals surface area contributed by atoms with E-state index in [2.05, 4.69) is 25.6 Å². The van der Waals surface area contributed by atoms with Gasteiger partial charge in [0.15, 0.2) is 5.65 Å². The maximum Gasteiger partial charge on any atom is 0.262 e. The predicted molar refractivity (Wildman–Crippen MR) is 161 cm³/mol. The molecule has 13 heteroatoms. The molecular weight excluding hydrogens is 576 g/mol. The summed E-state index contributed by atoms with van der Waals surface area (Å²) >= 11 is 2.82. The molecule has 3 N–H and O–H groups in total. The van der Waals surface area contributed by atoms with E-state index in [1.165, 1.54) is 39.5 Å². The largest absolute Gasteiger partial charge is 0.365 e. The summed E-state index contributed by atoms with van der Waals surface area (Å²) in [6.45, 7) is 1.41. The first-order chi connectivity index (χ1) is 20.5. The van der Waals surface area contributed by atoms with Gasteiger partial charge in [-0.1, -0.05) is 5.21 Å². The van der Waals surface area contributed by atoms with Crippen molar-refractivity contribution in [1.82, 2.24) is 30.3 Å². The zero-order valence-electron chi connectivity index (χ0n) is 22.0. The molecule has 0 saturated carbocycles. The number of anilines is 1. The lowest BCUT2D eigenvalue weighted by molar-refractivity contribution is 0.0966. The second-order valence-corrected chi connectivity index (χ2v) is 11.9. The number of carbonyl (C=O) groups excluding carboxylic acids is 2. The molecular formula is C29H23FN8O2S2. The summed E-state index contributed by atoms with van der Waals surface area (Å²) in [5.41, 5.74) is 7.74. The Morgan fingerprint density at radius 1 is 1.12 bits per heavy atom. The third kappa shape index (κ3) is 4.61. The number of pyridine rings is 2. The van der Waals surface area contributed by atoms with E-state index >= 15 is 4.39 Å². The molecule has 1 aliphatic rings. The van der Waals surface area contributed by atoms with Crippen molar-refractivity contribution in [3.8, 4) is 16.1 Å². The lowest BCUT2D eigenvalue weighted by Crippen LogP contribution is -2.49. The number of nitrogens with zero attached hydrogens (tertiary/aromatic N) is 6. The van der Waals surface area contributed by atoms with Crippen LogP contribution in [-0.4, -0.2) is 55.9 Å². The minimum atomic E-state index is -0.679. The van der Waals surface area contributed by atoms with Crippen LogP contribution >= 0.6 is 22.7 Å². The Bertz CT molecular complexity index is 1980. The minimum Gasteiger partial charge on any atom is -0.365 e. The van der Waals surface area contributed by atoms with Crippen molar-refractivity contribution < 1.29 is 14.0 Å². The summed E-state index contributed by atoms with van der Waals surface area (Å²) in [6.07, 6.45) is 4.90. The van der Waals surface area contributed by atoms with Crippen LogP contribution in [-0.2, 0) is 0 Å². The van der Waals surface area contributed by atoms with E-state index in [9.17, 15) is 9.59 Å². The van der Waals surface area contributed by atoms with Gasteiger partial charge in [-0.3, -0.25) is 14.5 Å². The molecule has 1 aromatic carbocycles. The number of piperidine rings is 1. The van der Waals surface area contributed by atoms with E-state index in [-0.39, 0.29) is 11.6 Å². The molecule has 1 fully saturated rings. The highest BCUT2D eigenvalue weighted by Gasteiger charge is 2.32. The molecule has 1 saturated heterocycles. The van der Waals surface area contributed by atoms with E-state index in [1.54, 1.807) is 41.6 Å². The molecule has 0 unspecified atom stereocenters. The Labute approximate surface area is 246 Å². The van der Waals surface area contributed by atoms with E-state index in [0.29, 0.717) is 34.1 Å². The fourth-order valence-corrected chi connectivity index (χ4v) is 7.12. The molecule has 5 aromatic heterocycles. The average Bonchev–Trinajstić information content (AvgIpc) is 3.76. The first-order valence-corrected chi connectivity index (χ1v) is 15.0. The van der Waals surface area contributed by atoms with Crippen LogP contribution in [0.5, 0.6) is 0 Å². The number of hydrogen-bond donors (Lipinski definition) is 2. The normalized spacial score (nSPS) is 15.3. The standard InChI is InChI=1S/C29H23FN8O2S2/c30-21-12-17(38-28-22(35-36-38)4-2-9-33-28)5-6-19(21)29(40)37(18-3-1-8-32-14-18)27-20-13-24(42-23(20)7-10-34-27)16-11-25(26(31)39)41-15-16/h2,4-7,9-13,15,18,32H,1,3,8,14H2,(H2,31,39)/t18-/m1/s1. The number of benzene rings is 1. The van der Waals surface area contributed by atoms with Crippen LogP contribution in [0.2, 0.25) is 0 Å². The van der Waals surface area contributed by atoms with Crippen molar-refractivity contribution in [2.45, 2.75) is 18.9 Å². The first-order valence-electron chi connectivity index (χ1n) is 13.3. The van der Waals surface area contributed by atoms with Crippen LogP contribution in [0.25, 0.3) is 37.4 Å². The van der Waals surface area contributed by atoms with Gasteiger partial charge in [-0.2, -0.15) is 4.68 Å². The zero-order valence-corrected chi connectivity index (χ0v) is 23.7. The number of aromatic nitrogens is 5. The van der Waals surface area contributed by atoms with Crippen molar-refractivity contribution in [3.63, 3.8) is 0 Å². The molecule has 7 rings (SSSR count). The number of hydrogen-bond acceptors (Lipinski definition) is 9. The second kappa shape index (κ2) is 10.7. The quantitative estimate of drug-likeness (QED) is 0.282. The highest BCUT2D eigenvalue weighted by Crippen LogP contribution is 2.40. The molecule has 6 aromatic rings. The average molecular weight is 599 g/mol. The summed E-state index contributed by atoms with van der Waals surface area (Å²) in [7, 11) is 0. The molecule has 210 valence electrons. The van der Waals surface area contributed by atoms with Crippen LogP contribution in [0.1, 0.15) is 32.9 Å².